The van der Waals surface area contributed by atoms with Gasteiger partial charge in [-0.15, -0.1) is 0 Å². The summed E-state index contributed by atoms with van der Waals surface area (Å²) in [5.41, 5.74) is 2.79. The fraction of sp³-hybridized carbons (Fsp3) is 0.233. The fourth-order valence-corrected chi connectivity index (χ4v) is 5.71. The van der Waals surface area contributed by atoms with Crippen LogP contribution in [0.5, 0.6) is 17.2 Å². The van der Waals surface area contributed by atoms with Gasteiger partial charge in [0, 0.05) is 5.56 Å². The predicted octanol–water partition coefficient (Wildman–Crippen LogP) is 5.90. The smallest absolute Gasteiger partial charge is 0.301 e. The highest BCUT2D eigenvalue weighted by Gasteiger charge is 2.48. The minimum Gasteiger partial charge on any atom is -0.507 e. The molecule has 1 saturated heterocycles. The monoisotopic (exact) mass is 544 g/mol. The largest absolute Gasteiger partial charge is 0.507 e. The normalized spacial score (nSPS) is 16.6. The Labute approximate surface area is 230 Å². The molecule has 9 heteroatoms. The number of rotatable bonds is 8. The second kappa shape index (κ2) is 10.8. The summed E-state index contributed by atoms with van der Waals surface area (Å²) in [5, 5.41) is 11.8. The average Bonchev–Trinajstić information content (AvgIpc) is 3.50. The molecule has 0 aliphatic carbocycles. The molecule has 0 unspecified atom stereocenters. The Kier molecular flexibility index (Phi) is 7.26. The van der Waals surface area contributed by atoms with Crippen molar-refractivity contribution in [2.75, 3.05) is 25.7 Å². The van der Waals surface area contributed by atoms with Crippen LogP contribution in [0.25, 0.3) is 16.0 Å². The van der Waals surface area contributed by atoms with Gasteiger partial charge in [-0.25, -0.2) is 4.98 Å². The number of carbonyl (C=O) groups is 2. The van der Waals surface area contributed by atoms with Gasteiger partial charge in [0.2, 0.25) is 0 Å². The van der Waals surface area contributed by atoms with Crippen LogP contribution in [-0.2, 0) is 16.0 Å². The number of benzene rings is 3. The number of fused-ring (bicyclic) bond motifs is 1. The van der Waals surface area contributed by atoms with E-state index in [9.17, 15) is 14.7 Å². The van der Waals surface area contributed by atoms with Crippen molar-refractivity contribution in [3.05, 3.63) is 82.9 Å². The van der Waals surface area contributed by atoms with Crippen LogP contribution in [0.1, 0.15) is 36.6 Å². The molecule has 0 spiro atoms. The molecule has 0 radical (unpaired) electrons. The number of aliphatic hydroxyl groups is 1. The van der Waals surface area contributed by atoms with Crippen molar-refractivity contribution in [3.8, 4) is 17.2 Å². The number of ketones is 1. The van der Waals surface area contributed by atoms with Crippen LogP contribution in [-0.4, -0.2) is 42.6 Å². The standard InChI is InChI=1S/C30H28N2O6S/c1-5-17-7-13-21-24(15-17)39-30(31-21)32-26(19-10-14-22(38-6-2)23(16-19)37-4)25(28(34)29(32)35)27(33)18-8-11-20(36-3)12-9-18/h7-16,26,33H,5-6H2,1-4H3/b27-25+/t26-/m0/s1. The van der Waals surface area contributed by atoms with E-state index < -0.39 is 17.7 Å². The molecule has 4 aromatic rings. The molecule has 2 heterocycles. The van der Waals surface area contributed by atoms with Crippen molar-refractivity contribution >= 4 is 44.1 Å². The lowest BCUT2D eigenvalue weighted by molar-refractivity contribution is -0.132. The minimum absolute atomic E-state index is 0.0371. The number of thiazole rings is 1. The lowest BCUT2D eigenvalue weighted by Crippen LogP contribution is -2.29. The van der Waals surface area contributed by atoms with Crippen LogP contribution in [0.2, 0.25) is 0 Å². The minimum atomic E-state index is -0.942. The van der Waals surface area contributed by atoms with Gasteiger partial charge in [-0.05, 0) is 73.0 Å². The molecule has 1 aliphatic heterocycles. The van der Waals surface area contributed by atoms with Crippen molar-refractivity contribution in [2.45, 2.75) is 26.3 Å². The average molecular weight is 545 g/mol. The van der Waals surface area contributed by atoms with E-state index in [1.807, 2.05) is 25.1 Å². The summed E-state index contributed by atoms with van der Waals surface area (Å²) in [6, 6.07) is 16.9. The van der Waals surface area contributed by atoms with E-state index in [-0.39, 0.29) is 11.3 Å². The first-order valence-electron chi connectivity index (χ1n) is 12.6. The van der Waals surface area contributed by atoms with Crippen LogP contribution >= 0.6 is 11.3 Å². The van der Waals surface area contributed by atoms with Gasteiger partial charge in [-0.1, -0.05) is 30.4 Å². The first-order valence-corrected chi connectivity index (χ1v) is 13.4. The summed E-state index contributed by atoms with van der Waals surface area (Å²) in [6.45, 7) is 4.38. The first kappa shape index (κ1) is 26.2. The molecule has 1 fully saturated rings. The Morgan fingerprint density at radius 2 is 1.74 bits per heavy atom. The Hall–Kier alpha value is -4.37. The summed E-state index contributed by atoms with van der Waals surface area (Å²) in [4.78, 5) is 33.2. The van der Waals surface area contributed by atoms with E-state index >= 15 is 0 Å². The molecule has 3 aromatic carbocycles. The van der Waals surface area contributed by atoms with Crippen molar-refractivity contribution < 1.29 is 28.9 Å². The highest BCUT2D eigenvalue weighted by Crippen LogP contribution is 2.46. The Morgan fingerprint density at radius 1 is 0.974 bits per heavy atom. The third kappa shape index (κ3) is 4.70. The molecule has 0 saturated carbocycles. The van der Waals surface area contributed by atoms with Gasteiger partial charge in [-0.2, -0.15) is 0 Å². The molecule has 8 nitrogen and oxygen atoms in total. The number of anilines is 1. The van der Waals surface area contributed by atoms with Gasteiger partial charge >= 0.3 is 5.91 Å². The number of hydrogen-bond donors (Lipinski definition) is 1. The molecular formula is C30H28N2O6S. The van der Waals surface area contributed by atoms with Crippen molar-refractivity contribution in [1.82, 2.24) is 4.98 Å². The molecule has 1 aromatic heterocycles. The number of ether oxygens (including phenoxy) is 3. The van der Waals surface area contributed by atoms with E-state index in [2.05, 4.69) is 6.92 Å². The molecule has 5 rings (SSSR count). The third-order valence-corrected chi connectivity index (χ3v) is 7.68. The zero-order chi connectivity index (χ0) is 27.7. The zero-order valence-corrected chi connectivity index (χ0v) is 22.9. The van der Waals surface area contributed by atoms with Gasteiger partial charge in [0.1, 0.15) is 11.5 Å². The second-order valence-corrected chi connectivity index (χ2v) is 9.90. The summed E-state index contributed by atoms with van der Waals surface area (Å²) in [5.74, 6) is -0.275. The number of amides is 1. The molecule has 1 N–H and O–H groups in total. The molecule has 1 aliphatic rings. The summed E-state index contributed by atoms with van der Waals surface area (Å²) in [6.07, 6.45) is 0.863. The van der Waals surface area contributed by atoms with E-state index in [0.29, 0.717) is 40.1 Å². The fourth-order valence-electron chi connectivity index (χ4n) is 4.66. The quantitative estimate of drug-likeness (QED) is 0.168. The van der Waals surface area contributed by atoms with Gasteiger partial charge in [-0.3, -0.25) is 14.5 Å². The maximum absolute atomic E-state index is 13.6. The lowest BCUT2D eigenvalue weighted by atomic mass is 9.95. The van der Waals surface area contributed by atoms with E-state index in [1.165, 1.54) is 23.3 Å². The van der Waals surface area contributed by atoms with E-state index in [4.69, 9.17) is 19.2 Å². The SMILES string of the molecule is CCOc1ccc([C@H]2/C(=C(\O)c3ccc(OC)cc3)C(=O)C(=O)N2c2nc3ccc(CC)cc3s2)cc1OC. The van der Waals surface area contributed by atoms with Crippen LogP contribution in [0.15, 0.2) is 66.2 Å². The summed E-state index contributed by atoms with van der Waals surface area (Å²) in [7, 11) is 3.07. The predicted molar refractivity (Wildman–Crippen MR) is 151 cm³/mol. The van der Waals surface area contributed by atoms with Gasteiger partial charge in [0.25, 0.3) is 5.78 Å². The van der Waals surface area contributed by atoms with E-state index in [1.54, 1.807) is 49.6 Å². The maximum Gasteiger partial charge on any atom is 0.301 e. The Bertz CT molecular complexity index is 1590. The molecular weight excluding hydrogens is 516 g/mol. The number of hydrogen-bond acceptors (Lipinski definition) is 8. The highest BCUT2D eigenvalue weighted by molar-refractivity contribution is 7.22. The van der Waals surface area contributed by atoms with Gasteiger partial charge in [0.15, 0.2) is 16.6 Å². The number of Topliss-reactive ketones (excluding diaryl/α,β-unsaturated/α-hetero) is 1. The summed E-state index contributed by atoms with van der Waals surface area (Å²) < 4.78 is 17.4. The van der Waals surface area contributed by atoms with Gasteiger partial charge in [0.05, 0.1) is 42.7 Å². The molecule has 1 amide bonds. The molecule has 39 heavy (non-hydrogen) atoms. The molecule has 1 atom stereocenters. The van der Waals surface area contributed by atoms with Crippen LogP contribution in [0.4, 0.5) is 5.13 Å². The first-order chi connectivity index (χ1) is 18.9. The van der Waals surface area contributed by atoms with Gasteiger partial charge < -0.3 is 19.3 Å². The topological polar surface area (TPSA) is 98.2 Å². The van der Waals surface area contributed by atoms with Crippen LogP contribution < -0.4 is 19.1 Å². The van der Waals surface area contributed by atoms with Crippen molar-refractivity contribution in [2.24, 2.45) is 0 Å². The zero-order valence-electron chi connectivity index (χ0n) is 22.1. The number of aryl methyl sites for hydroxylation is 1. The number of carbonyl (C=O) groups excluding carboxylic acids is 2. The molecule has 200 valence electrons. The van der Waals surface area contributed by atoms with E-state index in [0.717, 1.165) is 22.2 Å². The van der Waals surface area contributed by atoms with Crippen molar-refractivity contribution in [1.29, 1.82) is 0 Å². The van der Waals surface area contributed by atoms with Crippen molar-refractivity contribution in [3.63, 3.8) is 0 Å². The third-order valence-electron chi connectivity index (χ3n) is 6.67. The number of aliphatic hydroxyl groups excluding tert-OH is 1. The number of nitrogens with zero attached hydrogens (tertiary/aromatic N) is 2. The number of aromatic nitrogens is 1. The Balaban J connectivity index is 1.71. The number of methoxy groups -OCH3 is 2. The maximum atomic E-state index is 13.6. The second-order valence-electron chi connectivity index (χ2n) is 8.89. The highest BCUT2D eigenvalue weighted by atomic mass is 32.1. The van der Waals surface area contributed by atoms with Crippen LogP contribution in [0, 0.1) is 0 Å². The summed E-state index contributed by atoms with van der Waals surface area (Å²) >= 11 is 1.33. The Morgan fingerprint density at radius 3 is 2.41 bits per heavy atom. The lowest BCUT2D eigenvalue weighted by Gasteiger charge is -2.24. The molecule has 0 bridgehead atoms. The van der Waals surface area contributed by atoms with Crippen LogP contribution in [0.3, 0.4) is 0 Å².